The van der Waals surface area contributed by atoms with Crippen molar-refractivity contribution in [2.24, 2.45) is 0 Å². The van der Waals surface area contributed by atoms with Gasteiger partial charge in [-0.2, -0.15) is 13.2 Å². The van der Waals surface area contributed by atoms with Crippen LogP contribution in [0.3, 0.4) is 0 Å². The Morgan fingerprint density at radius 1 is 1.40 bits per heavy atom. The Labute approximate surface area is 122 Å². The van der Waals surface area contributed by atoms with Crippen molar-refractivity contribution in [1.82, 2.24) is 0 Å². The summed E-state index contributed by atoms with van der Waals surface area (Å²) in [5, 5.41) is 9.76. The summed E-state index contributed by atoms with van der Waals surface area (Å²) in [6, 6.07) is 3.75. The Kier molecular flexibility index (Phi) is 4.93. The van der Waals surface area contributed by atoms with E-state index in [1.807, 2.05) is 6.07 Å². The van der Waals surface area contributed by atoms with Gasteiger partial charge in [-0.3, -0.25) is 0 Å². The maximum atomic E-state index is 11.9. The molecule has 0 spiro atoms. The second-order valence-electron chi connectivity index (χ2n) is 4.64. The molecule has 1 aromatic carbocycles. The Bertz CT molecular complexity index is 477. The second-order valence-corrected chi connectivity index (χ2v) is 5.56. The van der Waals surface area contributed by atoms with E-state index in [0.717, 1.165) is 27.8 Å². The molecular weight excluding hydrogens is 341 g/mol. The van der Waals surface area contributed by atoms with Gasteiger partial charge in [0, 0.05) is 17.3 Å². The van der Waals surface area contributed by atoms with Crippen LogP contribution in [-0.2, 0) is 17.6 Å². The molecule has 0 bridgehead atoms. The van der Waals surface area contributed by atoms with Crippen LogP contribution in [0.25, 0.3) is 0 Å². The molecule has 20 heavy (non-hydrogen) atoms. The summed E-state index contributed by atoms with van der Waals surface area (Å²) < 4.78 is 46.6. The minimum atomic E-state index is -4.38. The first-order chi connectivity index (χ1) is 9.35. The third-order valence-electron chi connectivity index (χ3n) is 2.86. The van der Waals surface area contributed by atoms with E-state index in [0.29, 0.717) is 6.61 Å². The number of fused-ring (bicyclic) bond motifs is 1. The Hall–Kier alpha value is -0.790. The summed E-state index contributed by atoms with van der Waals surface area (Å²) in [6.07, 6.45) is -4.39. The highest BCUT2D eigenvalue weighted by Gasteiger charge is 2.28. The van der Waals surface area contributed by atoms with Gasteiger partial charge in [-0.05, 0) is 23.3 Å². The molecule has 0 amide bonds. The number of aliphatic hydroxyl groups excluding tert-OH is 1. The Morgan fingerprint density at radius 3 is 2.85 bits per heavy atom. The Morgan fingerprint density at radius 2 is 2.15 bits per heavy atom. The van der Waals surface area contributed by atoms with Crippen molar-refractivity contribution >= 4 is 15.9 Å². The van der Waals surface area contributed by atoms with Gasteiger partial charge in [-0.15, -0.1) is 0 Å². The molecule has 1 aliphatic rings. The van der Waals surface area contributed by atoms with Gasteiger partial charge in [-0.1, -0.05) is 15.9 Å². The molecule has 0 aliphatic carbocycles. The van der Waals surface area contributed by atoms with Crippen molar-refractivity contribution in [3.63, 3.8) is 0 Å². The van der Waals surface area contributed by atoms with E-state index < -0.39 is 18.9 Å². The number of alkyl halides is 3. The number of rotatable bonds is 5. The smallest absolute Gasteiger partial charge is 0.411 e. The van der Waals surface area contributed by atoms with Crippen molar-refractivity contribution in [2.45, 2.75) is 25.1 Å². The Balaban J connectivity index is 1.93. The molecule has 1 atom stereocenters. The molecule has 112 valence electrons. The van der Waals surface area contributed by atoms with Crippen LogP contribution >= 0.6 is 15.9 Å². The molecule has 1 aliphatic heterocycles. The molecule has 0 saturated heterocycles. The average molecular weight is 355 g/mol. The van der Waals surface area contributed by atoms with E-state index in [1.165, 1.54) is 0 Å². The summed E-state index contributed by atoms with van der Waals surface area (Å²) in [5.74, 6) is 0.725. The lowest BCUT2D eigenvalue weighted by Gasteiger charge is -2.15. The van der Waals surface area contributed by atoms with Gasteiger partial charge in [0.1, 0.15) is 12.4 Å². The fourth-order valence-corrected chi connectivity index (χ4v) is 2.67. The number of aliphatic hydroxyl groups is 1. The molecular formula is C13H14BrF3O3. The van der Waals surface area contributed by atoms with Crippen molar-refractivity contribution in [3.05, 3.63) is 27.7 Å². The summed E-state index contributed by atoms with van der Waals surface area (Å²) in [6.45, 7) is -1.13. The van der Waals surface area contributed by atoms with Gasteiger partial charge in [0.25, 0.3) is 0 Å². The fraction of sp³-hybridized carbons (Fsp3) is 0.538. The highest BCUT2D eigenvalue weighted by atomic mass is 79.9. The summed E-state index contributed by atoms with van der Waals surface area (Å²) in [7, 11) is 0. The molecule has 1 N–H and O–H groups in total. The lowest BCUT2D eigenvalue weighted by atomic mass is 10.0. The van der Waals surface area contributed by atoms with Crippen LogP contribution in [0.15, 0.2) is 16.6 Å². The highest BCUT2D eigenvalue weighted by Crippen LogP contribution is 2.33. The van der Waals surface area contributed by atoms with E-state index in [2.05, 4.69) is 20.7 Å². The van der Waals surface area contributed by atoms with Crippen LogP contribution in [0.5, 0.6) is 5.75 Å². The quantitative estimate of drug-likeness (QED) is 0.883. The lowest BCUT2D eigenvalue weighted by Crippen LogP contribution is -2.24. The van der Waals surface area contributed by atoms with Gasteiger partial charge >= 0.3 is 6.18 Å². The number of benzene rings is 1. The molecule has 7 heteroatoms. The van der Waals surface area contributed by atoms with Crippen LogP contribution in [0.2, 0.25) is 0 Å². The van der Waals surface area contributed by atoms with Crippen molar-refractivity contribution in [3.8, 4) is 5.75 Å². The third-order valence-corrected chi connectivity index (χ3v) is 3.31. The van der Waals surface area contributed by atoms with Gasteiger partial charge in [0.15, 0.2) is 0 Å². The predicted octanol–water partition coefficient (Wildman–Crippen LogP) is 2.87. The average Bonchev–Trinajstić information content (AvgIpc) is 2.74. The molecule has 1 unspecified atom stereocenters. The third kappa shape index (κ3) is 4.36. The first-order valence-electron chi connectivity index (χ1n) is 6.12. The minimum Gasteiger partial charge on any atom is -0.493 e. The van der Waals surface area contributed by atoms with Crippen molar-refractivity contribution in [2.75, 3.05) is 19.8 Å². The topological polar surface area (TPSA) is 38.7 Å². The SMILES string of the molecule is OC(COCC(F)(F)F)Cc1cc(Br)cc2c1OCC2. The second kappa shape index (κ2) is 6.32. The molecule has 0 aromatic heterocycles. The van der Waals surface area contributed by atoms with Crippen molar-refractivity contribution < 1.29 is 27.8 Å². The maximum absolute atomic E-state index is 11.9. The fourth-order valence-electron chi connectivity index (χ4n) is 2.12. The number of hydrogen-bond acceptors (Lipinski definition) is 3. The highest BCUT2D eigenvalue weighted by molar-refractivity contribution is 9.10. The normalized spacial score (nSPS) is 15.8. The number of halogens is 4. The zero-order valence-corrected chi connectivity index (χ0v) is 12.1. The minimum absolute atomic E-state index is 0.194. The summed E-state index contributed by atoms with van der Waals surface area (Å²) in [4.78, 5) is 0. The lowest BCUT2D eigenvalue weighted by molar-refractivity contribution is -0.179. The standard InChI is InChI=1S/C13H14BrF3O3/c14-10-3-8-1-2-20-12(8)9(4-10)5-11(18)6-19-7-13(15,16)17/h3-4,11,18H,1-2,5-7H2. The van der Waals surface area contributed by atoms with Crippen LogP contribution in [0.1, 0.15) is 11.1 Å². The van der Waals surface area contributed by atoms with Gasteiger partial charge in [0.05, 0.1) is 19.3 Å². The van der Waals surface area contributed by atoms with E-state index in [-0.39, 0.29) is 13.0 Å². The first kappa shape index (κ1) is 15.6. The summed E-state index contributed by atoms with van der Waals surface area (Å²) >= 11 is 3.37. The maximum Gasteiger partial charge on any atom is 0.411 e. The molecule has 2 rings (SSSR count). The van der Waals surface area contributed by atoms with E-state index in [4.69, 9.17) is 4.74 Å². The van der Waals surface area contributed by atoms with Gasteiger partial charge < -0.3 is 14.6 Å². The van der Waals surface area contributed by atoms with Gasteiger partial charge in [0.2, 0.25) is 0 Å². The predicted molar refractivity (Wildman–Crippen MR) is 69.9 cm³/mol. The molecule has 1 aromatic rings. The van der Waals surface area contributed by atoms with Crippen LogP contribution in [0, 0.1) is 0 Å². The number of ether oxygens (including phenoxy) is 2. The number of hydrogen-bond donors (Lipinski definition) is 1. The largest absolute Gasteiger partial charge is 0.493 e. The first-order valence-corrected chi connectivity index (χ1v) is 6.91. The monoisotopic (exact) mass is 354 g/mol. The van der Waals surface area contributed by atoms with E-state index >= 15 is 0 Å². The van der Waals surface area contributed by atoms with E-state index in [9.17, 15) is 18.3 Å². The summed E-state index contributed by atoms with van der Waals surface area (Å²) in [5.41, 5.74) is 1.81. The zero-order chi connectivity index (χ0) is 14.8. The van der Waals surface area contributed by atoms with Crippen LogP contribution < -0.4 is 4.74 Å². The van der Waals surface area contributed by atoms with Gasteiger partial charge in [-0.25, -0.2) is 0 Å². The molecule has 0 radical (unpaired) electrons. The van der Waals surface area contributed by atoms with Crippen LogP contribution in [0.4, 0.5) is 13.2 Å². The molecule has 0 fully saturated rings. The molecule has 0 saturated carbocycles. The zero-order valence-electron chi connectivity index (χ0n) is 10.5. The molecule has 3 nitrogen and oxygen atoms in total. The molecule has 1 heterocycles. The van der Waals surface area contributed by atoms with E-state index in [1.54, 1.807) is 6.07 Å². The van der Waals surface area contributed by atoms with Crippen molar-refractivity contribution in [1.29, 1.82) is 0 Å². The van der Waals surface area contributed by atoms with Crippen LogP contribution in [-0.4, -0.2) is 37.2 Å².